The predicted molar refractivity (Wildman–Crippen MR) is 148 cm³/mol. The fraction of sp³-hybridized carbons (Fsp3) is 0.286. The second-order valence-electron chi connectivity index (χ2n) is 9.41. The third-order valence-corrected chi connectivity index (χ3v) is 7.67. The van der Waals surface area contributed by atoms with Crippen LogP contribution in [0.1, 0.15) is 19.5 Å². The lowest BCUT2D eigenvalue weighted by Crippen LogP contribution is -2.68. The summed E-state index contributed by atoms with van der Waals surface area (Å²) >= 11 is 0.932. The van der Waals surface area contributed by atoms with Gasteiger partial charge in [0.15, 0.2) is 22.4 Å². The van der Waals surface area contributed by atoms with Gasteiger partial charge in [-0.15, -0.1) is 16.4 Å². The van der Waals surface area contributed by atoms with Crippen LogP contribution in [-0.2, 0) is 36.5 Å². The van der Waals surface area contributed by atoms with Gasteiger partial charge in [-0.1, -0.05) is 9.24 Å². The van der Waals surface area contributed by atoms with Crippen LogP contribution in [-0.4, -0.2) is 95.0 Å². The van der Waals surface area contributed by atoms with Crippen molar-refractivity contribution in [2.45, 2.75) is 25.5 Å². The smallest absolute Gasteiger partial charge is 0.361 e. The average Bonchev–Trinajstić information content (AvgIpc) is 3.50. The minimum absolute atomic E-state index is 0.0391. The van der Waals surface area contributed by atoms with Gasteiger partial charge < -0.3 is 31.1 Å². The number of aromatic nitrogens is 5. The fourth-order valence-corrected chi connectivity index (χ4v) is 4.83. The van der Waals surface area contributed by atoms with Gasteiger partial charge in [-0.05, 0) is 13.8 Å². The number of aliphatic carboxylic acids is 1. The van der Waals surface area contributed by atoms with Gasteiger partial charge in [-0.25, -0.2) is 24.1 Å². The first-order valence-electron chi connectivity index (χ1n) is 11.9. The molecule has 4 amide bonds. The minimum atomic E-state index is -5.03. The lowest BCUT2D eigenvalue weighted by molar-refractivity contribution is -0.161. The molecule has 1 atom stereocenters. The Balaban J connectivity index is 1.46. The van der Waals surface area contributed by atoms with Crippen LogP contribution in [0.4, 0.5) is 9.93 Å². The number of anilines is 1. The van der Waals surface area contributed by atoms with E-state index < -0.39 is 74.8 Å². The van der Waals surface area contributed by atoms with Crippen molar-refractivity contribution in [3.05, 3.63) is 44.0 Å². The summed E-state index contributed by atoms with van der Waals surface area (Å²) in [6, 6.07) is -1.97. The van der Waals surface area contributed by atoms with Gasteiger partial charge in [0.05, 0.1) is 12.2 Å². The molecule has 7 N–H and O–H groups in total. The Morgan fingerprint density at radius 1 is 1.27 bits per heavy atom. The molecule has 4 rings (SSSR count). The maximum Gasteiger partial charge on any atom is 0.361 e. The van der Waals surface area contributed by atoms with Gasteiger partial charge in [-0.3, -0.25) is 23.9 Å². The molecule has 0 unspecified atom stereocenters. The summed E-state index contributed by atoms with van der Waals surface area (Å²) in [7, 11) is -3.91. The number of aromatic hydroxyl groups is 1. The standard InChI is InChI=1S/C21H22N10O11S2/c1-21(2,17(36)37)42-27-13(10-7-43-18(22)25-10)15(34)24-9-6-30(16(9)35)19(38)28-44(40,41)31-20(39)29(3)14(26-31)8-4-11(32)12(33)5-23-8/h4-5,7,9,33H,6H2,1-3H3,(H2,22,25)(H,23,32)(H,24,34)(H,28,38)(H,36,37)/b27-13-/t9-/m0/s1. The van der Waals surface area contributed by atoms with E-state index in [1.54, 1.807) is 0 Å². The number of nitrogens with two attached hydrogens (primary N) is 1. The second kappa shape index (κ2) is 11.3. The Hall–Kier alpha value is -5.58. The van der Waals surface area contributed by atoms with Gasteiger partial charge in [0.25, 0.3) is 11.8 Å². The largest absolute Gasteiger partial charge is 0.503 e. The number of oxime groups is 1. The number of nitrogens with one attached hydrogen (secondary N) is 3. The summed E-state index contributed by atoms with van der Waals surface area (Å²) < 4.78 is 27.7. The number of β-lactam (4-membered cyclic amide) rings is 1. The Kier molecular flexibility index (Phi) is 8.02. The zero-order chi connectivity index (χ0) is 32.7. The van der Waals surface area contributed by atoms with Crippen molar-refractivity contribution in [1.29, 1.82) is 0 Å². The molecule has 0 aromatic carbocycles. The first-order chi connectivity index (χ1) is 20.4. The lowest BCUT2D eigenvalue weighted by atomic mass is 10.1. The molecule has 21 nitrogen and oxygen atoms in total. The molecule has 3 aromatic rings. The van der Waals surface area contributed by atoms with E-state index in [2.05, 4.69) is 25.5 Å². The average molecular weight is 655 g/mol. The molecule has 1 saturated heterocycles. The third kappa shape index (κ3) is 5.98. The van der Waals surface area contributed by atoms with Crippen molar-refractivity contribution < 1.29 is 42.6 Å². The number of carbonyl (C=O) groups excluding carboxylic acids is 3. The molecule has 1 fully saturated rings. The first-order valence-corrected chi connectivity index (χ1v) is 14.2. The number of thiazole rings is 1. The topological polar surface area (TPSA) is 303 Å². The van der Waals surface area contributed by atoms with Crippen LogP contribution < -0.4 is 26.9 Å². The Morgan fingerprint density at radius 3 is 2.52 bits per heavy atom. The number of H-pyrrole nitrogens is 1. The van der Waals surface area contributed by atoms with E-state index in [1.807, 2.05) is 0 Å². The van der Waals surface area contributed by atoms with Crippen molar-refractivity contribution in [2.24, 2.45) is 12.2 Å². The number of carboxylic acid groups (broad SMARTS) is 1. The molecule has 234 valence electrons. The van der Waals surface area contributed by atoms with Gasteiger partial charge in [0, 0.05) is 24.7 Å². The number of likely N-dealkylation sites (tertiary alicyclic amines) is 1. The van der Waals surface area contributed by atoms with Gasteiger partial charge in [0.1, 0.15) is 11.7 Å². The molecule has 1 aliphatic rings. The molecule has 0 bridgehead atoms. The molecule has 1 aliphatic heterocycles. The molecule has 0 aliphatic carbocycles. The third-order valence-electron chi connectivity index (χ3n) is 5.87. The second-order valence-corrected chi connectivity index (χ2v) is 11.8. The maximum absolute atomic E-state index is 12.9. The van der Waals surface area contributed by atoms with E-state index in [4.69, 9.17) is 10.6 Å². The predicted octanol–water partition coefficient (Wildman–Crippen LogP) is -2.90. The number of imide groups is 1. The number of carboxylic acids is 1. The van der Waals surface area contributed by atoms with Crippen LogP contribution >= 0.6 is 11.3 Å². The Morgan fingerprint density at radius 2 is 1.95 bits per heavy atom. The van der Waals surface area contributed by atoms with E-state index in [9.17, 15) is 47.4 Å². The highest BCUT2D eigenvalue weighted by Gasteiger charge is 2.44. The van der Waals surface area contributed by atoms with Gasteiger partial charge >= 0.3 is 27.9 Å². The number of rotatable bonds is 9. The highest BCUT2D eigenvalue weighted by molar-refractivity contribution is 7.88. The summed E-state index contributed by atoms with van der Waals surface area (Å²) in [5.41, 5.74) is 0.870. The lowest BCUT2D eigenvalue weighted by Gasteiger charge is -2.36. The van der Waals surface area contributed by atoms with Gasteiger partial charge in [0.2, 0.25) is 11.0 Å². The van der Waals surface area contributed by atoms with Crippen LogP contribution in [0.3, 0.4) is 0 Å². The molecular weight excluding hydrogens is 632 g/mol. The maximum atomic E-state index is 12.9. The number of carbonyl (C=O) groups is 4. The number of amides is 4. The number of nitrogen functional groups attached to an aromatic ring is 1. The Bertz CT molecular complexity index is 1950. The van der Waals surface area contributed by atoms with E-state index in [1.165, 1.54) is 10.1 Å². The van der Waals surface area contributed by atoms with E-state index >= 15 is 0 Å². The summed E-state index contributed by atoms with van der Waals surface area (Å²) in [6.07, 6.45) is 0.896. The van der Waals surface area contributed by atoms with E-state index in [-0.39, 0.29) is 26.4 Å². The normalized spacial score (nSPS) is 15.4. The zero-order valence-corrected chi connectivity index (χ0v) is 24.3. The molecule has 23 heteroatoms. The van der Waals surface area contributed by atoms with E-state index in [0.29, 0.717) is 4.90 Å². The van der Waals surface area contributed by atoms with Crippen molar-refractivity contribution in [3.8, 4) is 17.3 Å². The number of pyridine rings is 1. The number of hydrogen-bond acceptors (Lipinski definition) is 15. The molecule has 0 radical (unpaired) electrons. The molecule has 0 saturated carbocycles. The Labute approximate surface area is 248 Å². The molecule has 3 aromatic heterocycles. The first kappa shape index (κ1) is 31.4. The van der Waals surface area contributed by atoms with Crippen molar-refractivity contribution >= 4 is 56.2 Å². The molecule has 0 spiro atoms. The summed E-state index contributed by atoms with van der Waals surface area (Å²) in [5, 5.41) is 29.4. The number of aromatic amines is 1. The summed E-state index contributed by atoms with van der Waals surface area (Å²) in [4.78, 5) is 85.5. The van der Waals surface area contributed by atoms with Gasteiger partial charge in [-0.2, -0.15) is 8.42 Å². The van der Waals surface area contributed by atoms with Crippen molar-refractivity contribution in [2.75, 3.05) is 12.3 Å². The van der Waals surface area contributed by atoms with Crippen LogP contribution in [0, 0.1) is 0 Å². The zero-order valence-electron chi connectivity index (χ0n) is 22.7. The highest BCUT2D eigenvalue weighted by Crippen LogP contribution is 2.17. The van der Waals surface area contributed by atoms with Crippen LogP contribution in [0.5, 0.6) is 5.75 Å². The van der Waals surface area contributed by atoms with Crippen molar-refractivity contribution in [3.63, 3.8) is 0 Å². The molecular formula is C21H22N10O11S2. The number of nitrogens with zero attached hydrogens (tertiary/aromatic N) is 6. The quantitative estimate of drug-likeness (QED) is 0.0766. The van der Waals surface area contributed by atoms with Crippen LogP contribution in [0.25, 0.3) is 11.5 Å². The summed E-state index contributed by atoms with van der Waals surface area (Å²) in [6.45, 7) is 1.81. The monoisotopic (exact) mass is 654 g/mol. The highest BCUT2D eigenvalue weighted by atomic mass is 32.2. The SMILES string of the molecule is Cn1c(-c2cc(=O)c(O)c[nH]2)nn(S(=O)(=O)NC(=O)N2C[C@H](NC(=O)/C(=N\OC(C)(C)C(=O)O)c3csc(N)n3)C2=O)c1=O. The molecule has 4 heterocycles. The summed E-state index contributed by atoms with van der Waals surface area (Å²) in [5.74, 6) is -4.49. The number of hydrogen-bond donors (Lipinski definition) is 6. The van der Waals surface area contributed by atoms with Crippen molar-refractivity contribution in [1.82, 2.24) is 38.7 Å². The van der Waals surface area contributed by atoms with Crippen LogP contribution in [0.15, 0.2) is 32.4 Å². The minimum Gasteiger partial charge on any atom is -0.503 e. The van der Waals surface area contributed by atoms with Crippen LogP contribution in [0.2, 0.25) is 0 Å². The fourth-order valence-electron chi connectivity index (χ4n) is 3.35. The molecule has 44 heavy (non-hydrogen) atoms. The number of urea groups is 1. The van der Waals surface area contributed by atoms with E-state index in [0.717, 1.165) is 49.1 Å².